The molecule has 0 radical (unpaired) electrons. The van der Waals surface area contributed by atoms with Gasteiger partial charge in [-0.3, -0.25) is 4.79 Å². The lowest BCUT2D eigenvalue weighted by Crippen LogP contribution is -2.26. The van der Waals surface area contributed by atoms with Crippen molar-refractivity contribution in [2.45, 2.75) is 19.7 Å². The highest BCUT2D eigenvalue weighted by molar-refractivity contribution is 9.10. The fourth-order valence-electron chi connectivity index (χ4n) is 2.32. The number of aromatic nitrogens is 4. The van der Waals surface area contributed by atoms with Crippen LogP contribution in [0.3, 0.4) is 0 Å². The quantitative estimate of drug-likeness (QED) is 0.592. The maximum atomic E-state index is 12.4. The standard InChI is InChI=1S/C17H16BrN5O4/c1-11(23-15(17(25)26)6-7-19-23)16(24)21-13-8-20-22(9-13)10-27-14-4-2-12(18)3-5-14/h2-9,11H,10H2,1H3,(H,21,24)(H,25,26). The Balaban J connectivity index is 1.59. The Kier molecular flexibility index (Phi) is 5.55. The molecule has 0 saturated heterocycles. The van der Waals surface area contributed by atoms with Gasteiger partial charge in [-0.25, -0.2) is 14.2 Å². The molecular weight excluding hydrogens is 418 g/mol. The van der Waals surface area contributed by atoms with Crippen molar-refractivity contribution in [1.29, 1.82) is 0 Å². The Morgan fingerprint density at radius 2 is 2.00 bits per heavy atom. The van der Waals surface area contributed by atoms with Gasteiger partial charge in [-0.15, -0.1) is 0 Å². The van der Waals surface area contributed by atoms with Crippen LogP contribution in [-0.4, -0.2) is 36.5 Å². The largest absolute Gasteiger partial charge is 0.477 e. The van der Waals surface area contributed by atoms with E-state index >= 15 is 0 Å². The van der Waals surface area contributed by atoms with Crippen molar-refractivity contribution in [1.82, 2.24) is 19.6 Å². The summed E-state index contributed by atoms with van der Waals surface area (Å²) in [6.07, 6.45) is 4.44. The van der Waals surface area contributed by atoms with Crippen LogP contribution >= 0.6 is 15.9 Å². The van der Waals surface area contributed by atoms with Crippen LogP contribution in [0.1, 0.15) is 23.5 Å². The molecule has 0 saturated carbocycles. The Hall–Kier alpha value is -3.14. The summed E-state index contributed by atoms with van der Waals surface area (Å²) in [5.74, 6) is -0.868. The van der Waals surface area contributed by atoms with E-state index in [2.05, 4.69) is 31.4 Å². The minimum atomic E-state index is -1.15. The minimum Gasteiger partial charge on any atom is -0.477 e. The zero-order valence-electron chi connectivity index (χ0n) is 14.2. The van der Waals surface area contributed by atoms with Gasteiger partial charge in [0.25, 0.3) is 0 Å². The number of nitrogens with zero attached hydrogens (tertiary/aromatic N) is 4. The van der Waals surface area contributed by atoms with Crippen LogP contribution in [-0.2, 0) is 11.5 Å². The lowest BCUT2D eigenvalue weighted by atomic mass is 10.3. The van der Waals surface area contributed by atoms with Crippen LogP contribution in [0.4, 0.5) is 5.69 Å². The van der Waals surface area contributed by atoms with Gasteiger partial charge < -0.3 is 15.2 Å². The van der Waals surface area contributed by atoms with Gasteiger partial charge in [-0.1, -0.05) is 15.9 Å². The fraction of sp³-hybridized carbons (Fsp3) is 0.176. The molecule has 2 aromatic heterocycles. The van der Waals surface area contributed by atoms with Crippen molar-refractivity contribution in [2.24, 2.45) is 0 Å². The highest BCUT2D eigenvalue weighted by Gasteiger charge is 2.21. The molecule has 3 aromatic rings. The van der Waals surface area contributed by atoms with Crippen molar-refractivity contribution in [2.75, 3.05) is 5.32 Å². The van der Waals surface area contributed by atoms with Gasteiger partial charge >= 0.3 is 5.97 Å². The predicted molar refractivity (Wildman–Crippen MR) is 99.5 cm³/mol. The molecule has 140 valence electrons. The molecule has 2 N–H and O–H groups in total. The van der Waals surface area contributed by atoms with Crippen LogP contribution in [0.2, 0.25) is 0 Å². The number of carbonyl (C=O) groups excluding carboxylic acids is 1. The number of amides is 1. The average Bonchev–Trinajstić information content (AvgIpc) is 3.30. The normalized spacial score (nSPS) is 11.8. The van der Waals surface area contributed by atoms with Gasteiger partial charge in [0.05, 0.1) is 18.1 Å². The monoisotopic (exact) mass is 433 g/mol. The number of carboxylic acid groups (broad SMARTS) is 1. The number of hydrogen-bond donors (Lipinski definition) is 2. The van der Waals surface area contributed by atoms with Gasteiger partial charge in [-0.2, -0.15) is 10.2 Å². The van der Waals surface area contributed by atoms with Crippen LogP contribution in [0.15, 0.2) is 53.4 Å². The van der Waals surface area contributed by atoms with E-state index in [1.54, 1.807) is 13.1 Å². The van der Waals surface area contributed by atoms with E-state index in [9.17, 15) is 9.59 Å². The highest BCUT2D eigenvalue weighted by Crippen LogP contribution is 2.17. The lowest BCUT2D eigenvalue weighted by molar-refractivity contribution is -0.119. The molecule has 0 bridgehead atoms. The molecule has 9 nitrogen and oxygen atoms in total. The number of benzene rings is 1. The number of halogens is 1. The SMILES string of the molecule is CC(C(=O)Nc1cnn(COc2ccc(Br)cc2)c1)n1nccc1C(=O)O. The highest BCUT2D eigenvalue weighted by atomic mass is 79.9. The van der Waals surface area contributed by atoms with Crippen molar-refractivity contribution < 1.29 is 19.4 Å². The summed E-state index contributed by atoms with van der Waals surface area (Å²) in [5, 5.41) is 19.8. The number of anilines is 1. The number of hydrogen-bond acceptors (Lipinski definition) is 5. The Bertz CT molecular complexity index is 950. The summed E-state index contributed by atoms with van der Waals surface area (Å²) in [5.41, 5.74) is 0.409. The van der Waals surface area contributed by atoms with E-state index in [-0.39, 0.29) is 12.4 Å². The number of nitrogens with one attached hydrogen (secondary N) is 1. The molecular formula is C17H16BrN5O4. The maximum Gasteiger partial charge on any atom is 0.354 e. The second kappa shape index (κ2) is 8.04. The molecule has 1 unspecified atom stereocenters. The minimum absolute atomic E-state index is 0.0590. The summed E-state index contributed by atoms with van der Waals surface area (Å²) in [4.78, 5) is 23.5. The summed E-state index contributed by atoms with van der Waals surface area (Å²) < 4.78 is 9.23. The van der Waals surface area contributed by atoms with Crippen molar-refractivity contribution in [3.63, 3.8) is 0 Å². The number of rotatable bonds is 7. The molecule has 0 fully saturated rings. The molecule has 1 atom stereocenters. The number of carbonyl (C=O) groups is 2. The number of ether oxygens (including phenoxy) is 1. The molecule has 10 heteroatoms. The first kappa shape index (κ1) is 18.6. The van der Waals surface area contributed by atoms with E-state index in [1.807, 2.05) is 24.3 Å². The first-order valence-corrected chi connectivity index (χ1v) is 8.72. The third-order valence-corrected chi connectivity index (χ3v) is 4.24. The molecule has 0 aliphatic heterocycles. The predicted octanol–water partition coefficient (Wildman–Crippen LogP) is 2.78. The summed E-state index contributed by atoms with van der Waals surface area (Å²) in [7, 11) is 0. The van der Waals surface area contributed by atoms with E-state index in [1.165, 1.54) is 23.1 Å². The molecule has 2 heterocycles. The van der Waals surface area contributed by atoms with Gasteiger partial charge in [0.2, 0.25) is 5.91 Å². The summed E-state index contributed by atoms with van der Waals surface area (Å²) >= 11 is 3.35. The van der Waals surface area contributed by atoms with E-state index in [0.29, 0.717) is 11.4 Å². The van der Waals surface area contributed by atoms with Crippen molar-refractivity contribution in [3.05, 3.63) is 59.1 Å². The molecule has 27 heavy (non-hydrogen) atoms. The Labute approximate surface area is 162 Å². The maximum absolute atomic E-state index is 12.4. The zero-order chi connectivity index (χ0) is 19.4. The Morgan fingerprint density at radius 3 is 2.70 bits per heavy atom. The van der Waals surface area contributed by atoms with Crippen molar-refractivity contribution >= 4 is 33.5 Å². The molecule has 1 amide bonds. The zero-order valence-corrected chi connectivity index (χ0v) is 15.8. The molecule has 3 rings (SSSR count). The van der Waals surface area contributed by atoms with Crippen LogP contribution in [0.25, 0.3) is 0 Å². The first-order chi connectivity index (χ1) is 12.9. The summed E-state index contributed by atoms with van der Waals surface area (Å²) in [6.45, 7) is 1.74. The number of aromatic carboxylic acids is 1. The van der Waals surface area contributed by atoms with E-state index < -0.39 is 17.9 Å². The van der Waals surface area contributed by atoms with Gasteiger partial charge in [-0.05, 0) is 37.3 Å². The molecule has 0 spiro atoms. The average molecular weight is 434 g/mol. The van der Waals surface area contributed by atoms with Crippen LogP contribution in [0, 0.1) is 0 Å². The van der Waals surface area contributed by atoms with Gasteiger partial charge in [0.1, 0.15) is 17.5 Å². The lowest BCUT2D eigenvalue weighted by Gasteiger charge is -2.13. The Morgan fingerprint density at radius 1 is 1.26 bits per heavy atom. The van der Waals surface area contributed by atoms with E-state index in [0.717, 1.165) is 9.15 Å². The van der Waals surface area contributed by atoms with Crippen LogP contribution in [0.5, 0.6) is 5.75 Å². The topological polar surface area (TPSA) is 111 Å². The smallest absolute Gasteiger partial charge is 0.354 e. The van der Waals surface area contributed by atoms with Gasteiger partial charge in [0.15, 0.2) is 6.73 Å². The van der Waals surface area contributed by atoms with E-state index in [4.69, 9.17) is 9.84 Å². The fourth-order valence-corrected chi connectivity index (χ4v) is 2.58. The third kappa shape index (κ3) is 4.53. The van der Waals surface area contributed by atoms with Crippen LogP contribution < -0.4 is 10.1 Å². The number of carboxylic acids is 1. The second-order valence-corrected chi connectivity index (χ2v) is 6.54. The molecule has 0 aliphatic carbocycles. The molecule has 0 aliphatic rings. The third-order valence-electron chi connectivity index (χ3n) is 3.71. The summed E-state index contributed by atoms with van der Waals surface area (Å²) in [6, 6.07) is 7.92. The van der Waals surface area contributed by atoms with Gasteiger partial charge in [0, 0.05) is 10.7 Å². The van der Waals surface area contributed by atoms with Crippen molar-refractivity contribution in [3.8, 4) is 5.75 Å². The second-order valence-electron chi connectivity index (χ2n) is 5.63. The first-order valence-electron chi connectivity index (χ1n) is 7.92. The molecule has 1 aromatic carbocycles.